The molecule has 0 aromatic carbocycles. The molecule has 0 saturated heterocycles. The zero-order valence-corrected chi connectivity index (χ0v) is 15.2. The second-order valence-electron chi connectivity index (χ2n) is 6.81. The second kappa shape index (κ2) is 9.39. The van der Waals surface area contributed by atoms with Gasteiger partial charge in [-0.05, 0) is 31.4 Å². The van der Waals surface area contributed by atoms with Gasteiger partial charge in [-0.15, -0.1) is 10.2 Å². The van der Waals surface area contributed by atoms with Gasteiger partial charge in [-0.3, -0.25) is 4.40 Å². The number of hydrogen-bond acceptors (Lipinski definition) is 3. The maximum atomic E-state index is 4.65. The minimum Gasteiger partial charge on any atom is -0.357 e. The number of aliphatic imine (C=N–C) groups is 1. The maximum Gasteiger partial charge on any atom is 0.191 e. The van der Waals surface area contributed by atoms with Gasteiger partial charge in [0.05, 0.1) is 0 Å². The average molecular weight is 342 g/mol. The van der Waals surface area contributed by atoms with Crippen molar-refractivity contribution >= 4 is 11.6 Å². The molecule has 0 radical (unpaired) electrons. The highest BCUT2D eigenvalue weighted by Gasteiger charge is 2.13. The van der Waals surface area contributed by atoms with Crippen molar-refractivity contribution in [2.24, 2.45) is 10.9 Å². The molecule has 0 unspecified atom stereocenters. The first kappa shape index (κ1) is 17.7. The van der Waals surface area contributed by atoms with E-state index < -0.39 is 0 Å². The normalized spacial score (nSPS) is 15.8. The molecular formula is C19H30N6. The standard InChI is InChI=1S/C19H30N6/c1-2-20-19(21-13-7-5-11-16-9-3-4-10-16)22-15-18-24-23-17-12-6-8-14-25(17)18/h6,8,12,14,16H,2-5,7,9-11,13,15H2,1H3,(H2,20,21,22). The monoisotopic (exact) mass is 342 g/mol. The van der Waals surface area contributed by atoms with Crippen molar-refractivity contribution in [1.29, 1.82) is 0 Å². The summed E-state index contributed by atoms with van der Waals surface area (Å²) in [6.07, 6.45) is 11.7. The molecule has 0 amide bonds. The molecule has 6 heteroatoms. The summed E-state index contributed by atoms with van der Waals surface area (Å²) in [5.74, 6) is 2.70. The molecule has 1 aliphatic carbocycles. The minimum atomic E-state index is 0.516. The Kier molecular flexibility index (Phi) is 6.65. The summed E-state index contributed by atoms with van der Waals surface area (Å²) < 4.78 is 1.98. The molecule has 0 spiro atoms. The van der Waals surface area contributed by atoms with E-state index in [0.29, 0.717) is 6.54 Å². The fraction of sp³-hybridized carbons (Fsp3) is 0.632. The Labute approximate surface area is 150 Å². The lowest BCUT2D eigenvalue weighted by atomic mass is 10.0. The third-order valence-electron chi connectivity index (χ3n) is 4.91. The van der Waals surface area contributed by atoms with E-state index in [4.69, 9.17) is 0 Å². The Morgan fingerprint density at radius 2 is 2.08 bits per heavy atom. The van der Waals surface area contributed by atoms with E-state index in [2.05, 4.69) is 32.7 Å². The Morgan fingerprint density at radius 3 is 2.92 bits per heavy atom. The Morgan fingerprint density at radius 1 is 1.20 bits per heavy atom. The molecule has 2 heterocycles. The van der Waals surface area contributed by atoms with Gasteiger partial charge in [0.1, 0.15) is 6.54 Å². The van der Waals surface area contributed by atoms with Crippen molar-refractivity contribution in [2.45, 2.75) is 58.4 Å². The first-order valence-electron chi connectivity index (χ1n) is 9.67. The molecule has 0 atom stereocenters. The van der Waals surface area contributed by atoms with Crippen LogP contribution in [-0.4, -0.2) is 33.6 Å². The number of nitrogens with one attached hydrogen (secondary N) is 2. The van der Waals surface area contributed by atoms with Crippen molar-refractivity contribution in [3.63, 3.8) is 0 Å². The lowest BCUT2D eigenvalue weighted by Crippen LogP contribution is -2.37. The van der Waals surface area contributed by atoms with Gasteiger partial charge in [0.2, 0.25) is 0 Å². The van der Waals surface area contributed by atoms with E-state index in [1.807, 2.05) is 28.8 Å². The van der Waals surface area contributed by atoms with Crippen LogP contribution in [0.3, 0.4) is 0 Å². The van der Waals surface area contributed by atoms with Gasteiger partial charge in [-0.25, -0.2) is 4.99 Å². The predicted octanol–water partition coefficient (Wildman–Crippen LogP) is 3.14. The van der Waals surface area contributed by atoms with Gasteiger partial charge < -0.3 is 10.6 Å². The van der Waals surface area contributed by atoms with Crippen LogP contribution in [0.5, 0.6) is 0 Å². The highest BCUT2D eigenvalue weighted by molar-refractivity contribution is 5.79. The number of guanidine groups is 1. The number of hydrogen-bond donors (Lipinski definition) is 2. The highest BCUT2D eigenvalue weighted by atomic mass is 15.3. The van der Waals surface area contributed by atoms with Gasteiger partial charge in [-0.1, -0.05) is 44.6 Å². The molecule has 0 bridgehead atoms. The van der Waals surface area contributed by atoms with Crippen molar-refractivity contribution in [3.8, 4) is 0 Å². The fourth-order valence-electron chi connectivity index (χ4n) is 3.55. The zero-order valence-electron chi connectivity index (χ0n) is 15.2. The van der Waals surface area contributed by atoms with E-state index in [-0.39, 0.29) is 0 Å². The maximum absolute atomic E-state index is 4.65. The van der Waals surface area contributed by atoms with Gasteiger partial charge in [0.25, 0.3) is 0 Å². The first-order valence-corrected chi connectivity index (χ1v) is 9.67. The van der Waals surface area contributed by atoms with Crippen LogP contribution in [-0.2, 0) is 6.54 Å². The fourth-order valence-corrected chi connectivity index (χ4v) is 3.55. The van der Waals surface area contributed by atoms with Gasteiger partial charge in [-0.2, -0.15) is 0 Å². The van der Waals surface area contributed by atoms with Crippen LogP contribution in [0.15, 0.2) is 29.4 Å². The van der Waals surface area contributed by atoms with Crippen molar-refractivity contribution in [3.05, 3.63) is 30.2 Å². The zero-order chi connectivity index (χ0) is 17.3. The molecule has 6 nitrogen and oxygen atoms in total. The molecule has 3 rings (SSSR count). The smallest absolute Gasteiger partial charge is 0.191 e. The summed E-state index contributed by atoms with van der Waals surface area (Å²) >= 11 is 0. The summed E-state index contributed by atoms with van der Waals surface area (Å²) in [4.78, 5) is 4.65. The Hall–Kier alpha value is -2.11. The highest BCUT2D eigenvalue weighted by Crippen LogP contribution is 2.28. The average Bonchev–Trinajstić information content (AvgIpc) is 3.29. The summed E-state index contributed by atoms with van der Waals surface area (Å²) in [5.41, 5.74) is 0.859. The summed E-state index contributed by atoms with van der Waals surface area (Å²) in [6, 6.07) is 5.90. The number of nitrogens with zero attached hydrogens (tertiary/aromatic N) is 4. The third kappa shape index (κ3) is 5.18. The third-order valence-corrected chi connectivity index (χ3v) is 4.91. The molecule has 2 aromatic heterocycles. The van der Waals surface area contributed by atoms with Crippen LogP contribution in [0.4, 0.5) is 0 Å². The number of fused-ring (bicyclic) bond motifs is 1. The molecule has 0 aliphatic heterocycles. The number of pyridine rings is 1. The van der Waals surface area contributed by atoms with E-state index in [1.54, 1.807) is 0 Å². The summed E-state index contributed by atoms with van der Waals surface area (Å²) in [6.45, 7) is 4.43. The van der Waals surface area contributed by atoms with E-state index >= 15 is 0 Å². The van der Waals surface area contributed by atoms with Crippen LogP contribution >= 0.6 is 0 Å². The van der Waals surface area contributed by atoms with Gasteiger partial charge in [0.15, 0.2) is 17.4 Å². The Balaban J connectivity index is 1.45. The molecule has 1 aliphatic rings. The topological polar surface area (TPSA) is 66.6 Å². The molecule has 2 aromatic rings. The second-order valence-corrected chi connectivity index (χ2v) is 6.81. The lowest BCUT2D eigenvalue weighted by molar-refractivity contribution is 0.472. The molecule has 1 fully saturated rings. The number of aromatic nitrogens is 3. The number of unbranched alkanes of at least 4 members (excludes halogenated alkanes) is 1. The minimum absolute atomic E-state index is 0.516. The SMILES string of the molecule is CCNC(=NCc1nnc2ccccn12)NCCCCC1CCCC1. The molecule has 136 valence electrons. The van der Waals surface area contributed by atoms with Crippen molar-refractivity contribution in [2.75, 3.05) is 13.1 Å². The first-order chi connectivity index (χ1) is 12.4. The molecule has 1 saturated carbocycles. The van der Waals surface area contributed by atoms with Gasteiger partial charge in [0, 0.05) is 19.3 Å². The van der Waals surface area contributed by atoms with Crippen molar-refractivity contribution < 1.29 is 0 Å². The van der Waals surface area contributed by atoms with Crippen LogP contribution in [0, 0.1) is 5.92 Å². The van der Waals surface area contributed by atoms with Crippen LogP contribution in [0.2, 0.25) is 0 Å². The predicted molar refractivity (Wildman–Crippen MR) is 102 cm³/mol. The lowest BCUT2D eigenvalue weighted by Gasteiger charge is -2.12. The van der Waals surface area contributed by atoms with E-state index in [0.717, 1.165) is 36.4 Å². The summed E-state index contributed by atoms with van der Waals surface area (Å²) in [7, 11) is 0. The van der Waals surface area contributed by atoms with Gasteiger partial charge >= 0.3 is 0 Å². The van der Waals surface area contributed by atoms with Crippen LogP contribution < -0.4 is 10.6 Å². The molecule has 25 heavy (non-hydrogen) atoms. The van der Waals surface area contributed by atoms with Crippen LogP contribution in [0.25, 0.3) is 5.65 Å². The Bertz CT molecular complexity index is 671. The summed E-state index contributed by atoms with van der Waals surface area (Å²) in [5, 5.41) is 15.1. The molecule has 2 N–H and O–H groups in total. The van der Waals surface area contributed by atoms with E-state index in [9.17, 15) is 0 Å². The van der Waals surface area contributed by atoms with E-state index in [1.165, 1.54) is 44.9 Å². The number of rotatable bonds is 8. The van der Waals surface area contributed by atoms with Crippen LogP contribution in [0.1, 0.15) is 57.7 Å². The largest absolute Gasteiger partial charge is 0.357 e. The van der Waals surface area contributed by atoms with Crippen molar-refractivity contribution in [1.82, 2.24) is 25.2 Å². The molecular weight excluding hydrogens is 312 g/mol. The quantitative estimate of drug-likeness (QED) is 0.439.